The van der Waals surface area contributed by atoms with E-state index in [-0.39, 0.29) is 18.6 Å². The number of aromatic nitrogens is 4. The molecule has 1 aromatic carbocycles. The number of nitrogens with one attached hydrogen (secondary N) is 1. The number of rotatable bonds is 8. The fourth-order valence-corrected chi connectivity index (χ4v) is 2.23. The molecule has 0 saturated heterocycles. The van der Waals surface area contributed by atoms with E-state index in [2.05, 4.69) is 25.3 Å². The minimum atomic E-state index is -0.247. The number of para-hydroxylation sites is 2. The average molecular weight is 385 g/mol. The minimum Gasteiger partial charge on any atom is -0.481 e. The van der Waals surface area contributed by atoms with Crippen molar-refractivity contribution < 1.29 is 24.1 Å². The van der Waals surface area contributed by atoms with E-state index in [1.807, 2.05) is 6.07 Å². The van der Waals surface area contributed by atoms with Crippen molar-refractivity contribution in [2.45, 2.75) is 6.61 Å². The third kappa shape index (κ3) is 4.54. The normalized spacial score (nSPS) is 10.3. The first-order valence-corrected chi connectivity index (χ1v) is 8.19. The van der Waals surface area contributed by atoms with Crippen molar-refractivity contribution in [3.05, 3.63) is 42.1 Å². The van der Waals surface area contributed by atoms with Crippen LogP contribution >= 0.6 is 0 Å². The number of nitrogens with zero attached hydrogens (tertiary/aromatic N) is 4. The van der Waals surface area contributed by atoms with Crippen molar-refractivity contribution in [3.63, 3.8) is 0 Å². The van der Waals surface area contributed by atoms with Crippen molar-refractivity contribution >= 4 is 11.6 Å². The largest absolute Gasteiger partial charge is 0.481 e. The number of aliphatic hydroxyl groups is 1. The topological polar surface area (TPSA) is 121 Å². The average Bonchev–Trinajstić information content (AvgIpc) is 2.74. The van der Waals surface area contributed by atoms with E-state index in [0.29, 0.717) is 34.8 Å². The molecule has 0 aliphatic heterocycles. The van der Waals surface area contributed by atoms with Gasteiger partial charge in [0.1, 0.15) is 0 Å². The molecule has 0 radical (unpaired) electrons. The van der Waals surface area contributed by atoms with Gasteiger partial charge in [0.2, 0.25) is 23.6 Å². The Morgan fingerprint density at radius 3 is 2.14 bits per heavy atom. The van der Waals surface area contributed by atoms with Crippen molar-refractivity contribution in [2.75, 3.05) is 26.6 Å². The predicted octanol–water partition coefficient (Wildman–Crippen LogP) is 2.32. The highest BCUT2D eigenvalue weighted by Gasteiger charge is 2.12. The van der Waals surface area contributed by atoms with Crippen LogP contribution in [0.1, 0.15) is 5.69 Å². The number of ether oxygens (including phenoxy) is 4. The lowest BCUT2D eigenvalue weighted by molar-refractivity contribution is 0.275. The summed E-state index contributed by atoms with van der Waals surface area (Å²) in [4.78, 5) is 16.7. The van der Waals surface area contributed by atoms with Crippen LogP contribution in [0.4, 0.5) is 11.6 Å². The molecular weight excluding hydrogens is 366 g/mol. The lowest BCUT2D eigenvalue weighted by Gasteiger charge is -2.13. The summed E-state index contributed by atoms with van der Waals surface area (Å²) in [5.74, 6) is 1.59. The van der Waals surface area contributed by atoms with Crippen LogP contribution in [0.2, 0.25) is 0 Å². The monoisotopic (exact) mass is 385 g/mol. The Morgan fingerprint density at radius 2 is 1.50 bits per heavy atom. The van der Waals surface area contributed by atoms with Crippen LogP contribution in [0.25, 0.3) is 0 Å². The Kier molecular flexibility index (Phi) is 6.02. The Bertz CT molecular complexity index is 832. The second-order valence-electron chi connectivity index (χ2n) is 5.34. The Balaban J connectivity index is 1.90. The summed E-state index contributed by atoms with van der Waals surface area (Å²) in [5, 5.41) is 12.4. The first kappa shape index (κ1) is 19.1. The van der Waals surface area contributed by atoms with Gasteiger partial charge in [-0.3, -0.25) is 0 Å². The molecule has 0 saturated carbocycles. The summed E-state index contributed by atoms with van der Waals surface area (Å²) < 4.78 is 21.2. The van der Waals surface area contributed by atoms with Crippen molar-refractivity contribution in [2.24, 2.45) is 0 Å². The van der Waals surface area contributed by atoms with Crippen LogP contribution in [-0.4, -0.2) is 46.4 Å². The molecule has 2 heterocycles. The van der Waals surface area contributed by atoms with Gasteiger partial charge in [-0.1, -0.05) is 12.1 Å². The van der Waals surface area contributed by atoms with Crippen molar-refractivity contribution in [1.82, 2.24) is 19.9 Å². The SMILES string of the molecule is COc1cc(CO)nc(Nc2ccccc2Oc2nc(OC)cc(OC)n2)n1. The molecule has 3 rings (SSSR count). The van der Waals surface area contributed by atoms with Gasteiger partial charge in [0.15, 0.2) is 5.75 Å². The zero-order valence-corrected chi connectivity index (χ0v) is 15.5. The van der Waals surface area contributed by atoms with E-state index in [1.165, 1.54) is 27.4 Å². The first-order valence-electron chi connectivity index (χ1n) is 8.19. The van der Waals surface area contributed by atoms with E-state index in [1.54, 1.807) is 24.3 Å². The molecule has 0 fully saturated rings. The third-order valence-corrected chi connectivity index (χ3v) is 3.54. The first-order chi connectivity index (χ1) is 13.6. The summed E-state index contributed by atoms with van der Waals surface area (Å²) in [7, 11) is 4.46. The van der Waals surface area contributed by atoms with Crippen LogP contribution < -0.4 is 24.3 Å². The lowest BCUT2D eigenvalue weighted by atomic mass is 10.3. The van der Waals surface area contributed by atoms with Crippen LogP contribution in [-0.2, 0) is 6.61 Å². The van der Waals surface area contributed by atoms with Gasteiger partial charge in [-0.05, 0) is 12.1 Å². The summed E-state index contributed by atoms with van der Waals surface area (Å²) in [6.07, 6.45) is 0. The maximum absolute atomic E-state index is 9.36. The molecule has 0 bridgehead atoms. The van der Waals surface area contributed by atoms with Gasteiger partial charge < -0.3 is 29.4 Å². The van der Waals surface area contributed by atoms with Crippen LogP contribution in [0.3, 0.4) is 0 Å². The number of hydrogen-bond acceptors (Lipinski definition) is 10. The predicted molar refractivity (Wildman–Crippen MR) is 99.4 cm³/mol. The molecule has 10 heteroatoms. The van der Waals surface area contributed by atoms with E-state index in [9.17, 15) is 5.11 Å². The molecule has 2 aromatic heterocycles. The fraction of sp³-hybridized carbons (Fsp3) is 0.222. The number of benzene rings is 1. The van der Waals surface area contributed by atoms with E-state index >= 15 is 0 Å². The van der Waals surface area contributed by atoms with E-state index in [0.717, 1.165) is 0 Å². The summed E-state index contributed by atoms with van der Waals surface area (Å²) in [6.45, 7) is -0.247. The Morgan fingerprint density at radius 1 is 0.857 bits per heavy atom. The zero-order chi connectivity index (χ0) is 19.9. The second kappa shape index (κ2) is 8.82. The maximum Gasteiger partial charge on any atom is 0.328 e. The molecule has 0 amide bonds. The van der Waals surface area contributed by atoms with E-state index < -0.39 is 0 Å². The smallest absolute Gasteiger partial charge is 0.328 e. The van der Waals surface area contributed by atoms with Gasteiger partial charge >= 0.3 is 6.01 Å². The molecule has 2 N–H and O–H groups in total. The highest BCUT2D eigenvalue weighted by molar-refractivity contribution is 5.63. The number of methoxy groups -OCH3 is 3. The van der Waals surface area contributed by atoms with Gasteiger partial charge in [-0.2, -0.15) is 15.0 Å². The molecular formula is C18H19N5O5. The van der Waals surface area contributed by atoms with Gasteiger partial charge in [-0.25, -0.2) is 4.98 Å². The quantitative estimate of drug-likeness (QED) is 0.597. The van der Waals surface area contributed by atoms with Gasteiger partial charge in [0.25, 0.3) is 0 Å². The van der Waals surface area contributed by atoms with Gasteiger partial charge in [0, 0.05) is 6.07 Å². The van der Waals surface area contributed by atoms with Crippen LogP contribution in [0, 0.1) is 0 Å². The summed E-state index contributed by atoms with van der Waals surface area (Å²) >= 11 is 0. The standard InChI is InChI=1S/C18H19N5O5/c1-25-14-8-11(10-24)19-17(21-14)20-12-6-4-5-7-13(12)28-18-22-15(26-2)9-16(23-18)27-3/h4-9,24H,10H2,1-3H3,(H,19,20,21). The van der Waals surface area contributed by atoms with Crippen molar-refractivity contribution in [3.8, 4) is 29.4 Å². The van der Waals surface area contributed by atoms with Crippen LogP contribution in [0.15, 0.2) is 36.4 Å². The molecule has 0 aliphatic carbocycles. The molecule has 10 nitrogen and oxygen atoms in total. The Labute approximate surface area is 161 Å². The Hall–Kier alpha value is -3.66. The van der Waals surface area contributed by atoms with Gasteiger partial charge in [-0.15, -0.1) is 0 Å². The fourth-order valence-electron chi connectivity index (χ4n) is 2.23. The summed E-state index contributed by atoms with van der Waals surface area (Å²) in [5.41, 5.74) is 0.971. The molecule has 146 valence electrons. The molecule has 3 aromatic rings. The molecule has 0 atom stereocenters. The molecule has 28 heavy (non-hydrogen) atoms. The highest BCUT2D eigenvalue weighted by Crippen LogP contribution is 2.31. The zero-order valence-electron chi connectivity index (χ0n) is 15.5. The number of aliphatic hydroxyl groups excluding tert-OH is 1. The summed E-state index contributed by atoms with van der Waals surface area (Å²) in [6, 6.07) is 10.2. The third-order valence-electron chi connectivity index (χ3n) is 3.54. The van der Waals surface area contributed by atoms with E-state index in [4.69, 9.17) is 18.9 Å². The molecule has 0 unspecified atom stereocenters. The molecule has 0 spiro atoms. The molecule has 0 aliphatic rings. The van der Waals surface area contributed by atoms with Crippen LogP contribution in [0.5, 0.6) is 29.4 Å². The maximum atomic E-state index is 9.36. The number of hydrogen-bond donors (Lipinski definition) is 2. The number of anilines is 2. The lowest BCUT2D eigenvalue weighted by Crippen LogP contribution is -2.04. The second-order valence-corrected chi connectivity index (χ2v) is 5.34. The van der Waals surface area contributed by atoms with Crippen molar-refractivity contribution in [1.29, 1.82) is 0 Å². The highest BCUT2D eigenvalue weighted by atomic mass is 16.5. The minimum absolute atomic E-state index is 0.0491. The van der Waals surface area contributed by atoms with Gasteiger partial charge in [0.05, 0.1) is 45.4 Å².